The Bertz CT molecular complexity index is 662. The lowest BCUT2D eigenvalue weighted by atomic mass is 10.1. The van der Waals surface area contributed by atoms with E-state index in [1.807, 2.05) is 13.8 Å². The monoisotopic (exact) mass is 478 g/mol. The van der Waals surface area contributed by atoms with Crippen LogP contribution in [0, 0.1) is 38.3 Å². The zero-order chi connectivity index (χ0) is 17.5. The summed E-state index contributed by atoms with van der Waals surface area (Å²) in [6.07, 6.45) is 1.54. The van der Waals surface area contributed by atoms with Crippen LogP contribution in [-0.2, 0) is 16.1 Å². The minimum absolute atomic E-state index is 0.0474. The first-order valence-corrected chi connectivity index (χ1v) is 8.42. The molecule has 0 unspecified atom stereocenters. The summed E-state index contributed by atoms with van der Waals surface area (Å²) in [5.74, 6) is -4.74. The molecule has 0 aliphatic heterocycles. The van der Waals surface area contributed by atoms with Crippen molar-refractivity contribution in [1.29, 1.82) is 0 Å². The molecule has 0 bridgehead atoms. The normalized spacial score (nSPS) is 21.7. The molecule has 0 N–H and O–H groups in total. The molecule has 0 saturated heterocycles. The lowest BCUT2D eigenvalue weighted by Crippen LogP contribution is -2.13. The molecule has 1 aliphatic carbocycles. The summed E-state index contributed by atoms with van der Waals surface area (Å²) >= 11 is 12.7. The first-order chi connectivity index (χ1) is 10.6. The van der Waals surface area contributed by atoms with Gasteiger partial charge in [-0.3, -0.25) is 4.79 Å². The van der Waals surface area contributed by atoms with Crippen LogP contribution in [0.4, 0.5) is 13.2 Å². The molecule has 1 aromatic rings. The topological polar surface area (TPSA) is 26.3 Å². The van der Waals surface area contributed by atoms with Gasteiger partial charge in [-0.15, -0.1) is 0 Å². The van der Waals surface area contributed by atoms with Crippen LogP contribution in [0.25, 0.3) is 0 Å². The molecule has 2 atom stereocenters. The predicted molar refractivity (Wildman–Crippen MR) is 89.4 cm³/mol. The van der Waals surface area contributed by atoms with Gasteiger partial charge < -0.3 is 4.74 Å². The molecule has 0 amide bonds. The lowest BCUT2D eigenvalue weighted by Gasteiger charge is -2.10. The van der Waals surface area contributed by atoms with E-state index in [4.69, 9.17) is 27.9 Å². The van der Waals surface area contributed by atoms with Crippen molar-refractivity contribution in [2.24, 2.45) is 17.3 Å². The van der Waals surface area contributed by atoms with Crippen molar-refractivity contribution in [3.05, 3.63) is 43.2 Å². The maximum Gasteiger partial charge on any atom is 0.310 e. The van der Waals surface area contributed by atoms with Gasteiger partial charge >= 0.3 is 5.97 Å². The van der Waals surface area contributed by atoms with Gasteiger partial charge in [-0.1, -0.05) is 37.0 Å². The molecule has 0 heterocycles. The zero-order valence-corrected chi connectivity index (χ0v) is 15.8. The van der Waals surface area contributed by atoms with Crippen LogP contribution >= 0.6 is 45.8 Å². The van der Waals surface area contributed by atoms with E-state index < -0.39 is 41.4 Å². The number of esters is 1. The van der Waals surface area contributed by atoms with Crippen molar-refractivity contribution in [2.45, 2.75) is 20.5 Å². The summed E-state index contributed by atoms with van der Waals surface area (Å²) in [5, 5.41) is 0. The fraction of sp³-hybridized carbons (Fsp3) is 0.400. The maximum atomic E-state index is 13.7. The van der Waals surface area contributed by atoms with Crippen LogP contribution < -0.4 is 0 Å². The lowest BCUT2D eigenvalue weighted by molar-refractivity contribution is -0.147. The predicted octanol–water partition coefficient (Wildman–Crippen LogP) is 5.34. The number of halogens is 6. The van der Waals surface area contributed by atoms with E-state index >= 15 is 0 Å². The van der Waals surface area contributed by atoms with E-state index in [1.54, 1.807) is 6.08 Å². The SMILES string of the molecule is CC1(C)[C@@H](C=C(Cl)Cl)[C@@H]1C(=O)OCc1c(F)c(F)cc(F)c1I. The molecule has 8 heteroatoms. The van der Waals surface area contributed by atoms with Crippen molar-refractivity contribution >= 4 is 51.8 Å². The first-order valence-electron chi connectivity index (χ1n) is 6.58. The number of carbonyl (C=O) groups excluding carboxylic acids is 1. The quantitative estimate of drug-likeness (QED) is 0.331. The minimum Gasteiger partial charge on any atom is -0.460 e. The van der Waals surface area contributed by atoms with Crippen LogP contribution in [0.2, 0.25) is 0 Å². The molecular weight excluding hydrogens is 467 g/mol. The average Bonchev–Trinajstić information content (AvgIpc) is 2.96. The molecule has 0 spiro atoms. The fourth-order valence-corrected chi connectivity index (χ4v) is 3.38. The van der Waals surface area contributed by atoms with E-state index in [2.05, 4.69) is 0 Å². The van der Waals surface area contributed by atoms with Crippen LogP contribution in [-0.4, -0.2) is 5.97 Å². The van der Waals surface area contributed by atoms with Crippen LogP contribution in [0.5, 0.6) is 0 Å². The van der Waals surface area contributed by atoms with E-state index in [-0.39, 0.29) is 19.5 Å². The molecular formula is C15H12Cl2F3IO2. The molecule has 1 saturated carbocycles. The second-order valence-electron chi connectivity index (χ2n) is 5.84. The maximum absolute atomic E-state index is 13.7. The van der Waals surface area contributed by atoms with E-state index in [0.717, 1.165) is 0 Å². The second kappa shape index (κ2) is 6.80. The number of ether oxygens (including phenoxy) is 1. The molecule has 1 aromatic carbocycles. The third kappa shape index (κ3) is 3.79. The molecule has 2 rings (SSSR count). The Balaban J connectivity index is 2.11. The third-order valence-electron chi connectivity index (χ3n) is 4.03. The van der Waals surface area contributed by atoms with E-state index in [0.29, 0.717) is 6.07 Å². The summed E-state index contributed by atoms with van der Waals surface area (Å²) in [6, 6.07) is 0.454. The number of benzene rings is 1. The highest BCUT2D eigenvalue weighted by molar-refractivity contribution is 14.1. The molecule has 1 fully saturated rings. The second-order valence-corrected chi connectivity index (χ2v) is 7.92. The number of allylic oxidation sites excluding steroid dienone is 1. The van der Waals surface area contributed by atoms with E-state index in [1.165, 1.54) is 22.6 Å². The highest BCUT2D eigenvalue weighted by Crippen LogP contribution is 2.60. The Morgan fingerprint density at radius 2 is 1.96 bits per heavy atom. The van der Waals surface area contributed by atoms with Crippen molar-refractivity contribution in [1.82, 2.24) is 0 Å². The van der Waals surface area contributed by atoms with Crippen molar-refractivity contribution in [3.8, 4) is 0 Å². The van der Waals surface area contributed by atoms with Crippen LogP contribution in [0.1, 0.15) is 19.4 Å². The molecule has 126 valence electrons. The molecule has 0 radical (unpaired) electrons. The van der Waals surface area contributed by atoms with Gasteiger partial charge in [0.25, 0.3) is 0 Å². The fourth-order valence-electron chi connectivity index (χ4n) is 2.56. The van der Waals surface area contributed by atoms with Gasteiger partial charge in [0.2, 0.25) is 0 Å². The largest absolute Gasteiger partial charge is 0.460 e. The van der Waals surface area contributed by atoms with Crippen LogP contribution in [0.15, 0.2) is 16.6 Å². The summed E-state index contributed by atoms with van der Waals surface area (Å²) in [5.41, 5.74) is -0.720. The van der Waals surface area contributed by atoms with Crippen molar-refractivity contribution < 1.29 is 22.7 Å². The number of carbonyl (C=O) groups is 1. The third-order valence-corrected chi connectivity index (χ3v) is 5.45. The van der Waals surface area contributed by atoms with E-state index in [9.17, 15) is 18.0 Å². The van der Waals surface area contributed by atoms with Crippen molar-refractivity contribution in [3.63, 3.8) is 0 Å². The minimum atomic E-state index is -1.32. The Labute approximate surface area is 155 Å². The molecule has 0 aromatic heterocycles. The van der Waals surface area contributed by atoms with Gasteiger partial charge in [-0.2, -0.15) is 0 Å². The average molecular weight is 479 g/mol. The highest BCUT2D eigenvalue weighted by atomic mass is 127. The Morgan fingerprint density at radius 1 is 1.35 bits per heavy atom. The Hall–Kier alpha value is -0.470. The Morgan fingerprint density at radius 3 is 2.52 bits per heavy atom. The number of rotatable bonds is 4. The molecule has 1 aliphatic rings. The van der Waals surface area contributed by atoms with Gasteiger partial charge in [0.05, 0.1) is 9.49 Å². The van der Waals surface area contributed by atoms with Crippen molar-refractivity contribution in [2.75, 3.05) is 0 Å². The summed E-state index contributed by atoms with van der Waals surface area (Å²) in [7, 11) is 0. The van der Waals surface area contributed by atoms with Gasteiger partial charge in [-0.05, 0) is 40.0 Å². The number of hydrogen-bond acceptors (Lipinski definition) is 2. The van der Waals surface area contributed by atoms with Crippen LogP contribution in [0.3, 0.4) is 0 Å². The summed E-state index contributed by atoms with van der Waals surface area (Å²) < 4.78 is 45.4. The molecule has 2 nitrogen and oxygen atoms in total. The zero-order valence-electron chi connectivity index (χ0n) is 12.1. The summed E-state index contributed by atoms with van der Waals surface area (Å²) in [6.45, 7) is 3.13. The standard InChI is InChI=1S/C15H12Cl2F3IO2/c1-15(2)7(3-10(16)17)11(15)14(22)23-5-6-12(20)8(18)4-9(19)13(6)21/h3-4,7,11H,5H2,1-2H3/t7-,11+/m0/s1. The summed E-state index contributed by atoms with van der Waals surface area (Å²) in [4.78, 5) is 12.1. The smallest absolute Gasteiger partial charge is 0.310 e. The van der Waals surface area contributed by atoms with Gasteiger partial charge in [0, 0.05) is 11.6 Å². The van der Waals surface area contributed by atoms with Gasteiger partial charge in [-0.25, -0.2) is 13.2 Å². The van der Waals surface area contributed by atoms with Gasteiger partial charge in [0.1, 0.15) is 16.9 Å². The Kier molecular flexibility index (Phi) is 5.58. The highest BCUT2D eigenvalue weighted by Gasteiger charge is 2.61. The molecule has 23 heavy (non-hydrogen) atoms. The number of hydrogen-bond donors (Lipinski definition) is 0. The van der Waals surface area contributed by atoms with Gasteiger partial charge in [0.15, 0.2) is 11.6 Å². The first kappa shape index (κ1) is 18.9.